The molecule has 2 rings (SSSR count). The lowest BCUT2D eigenvalue weighted by Crippen LogP contribution is -2.10. The molecule has 0 fully saturated rings. The second-order valence-electron chi connectivity index (χ2n) is 4.61. The van der Waals surface area contributed by atoms with Gasteiger partial charge in [-0.05, 0) is 36.7 Å². The summed E-state index contributed by atoms with van der Waals surface area (Å²) in [5, 5.41) is 1.35. The van der Waals surface area contributed by atoms with E-state index in [1.165, 1.54) is 11.8 Å². The van der Waals surface area contributed by atoms with Gasteiger partial charge in [-0.2, -0.15) is 0 Å². The zero-order chi connectivity index (χ0) is 14.5. The summed E-state index contributed by atoms with van der Waals surface area (Å²) in [6, 6.07) is 5.33. The normalized spacial score (nSPS) is 12.3. The zero-order valence-corrected chi connectivity index (χ0v) is 12.4. The fourth-order valence-electron chi connectivity index (χ4n) is 1.74. The monoisotopic (exact) mass is 290 g/mol. The van der Waals surface area contributed by atoms with Gasteiger partial charge in [0.05, 0.1) is 0 Å². The van der Waals surface area contributed by atoms with Crippen LogP contribution in [0.5, 0.6) is 0 Å². The highest BCUT2D eigenvalue weighted by Gasteiger charge is 2.05. The Bertz CT molecular complexity index is 622. The maximum Gasteiger partial charge on any atom is 0.251 e. The second kappa shape index (κ2) is 6.67. The number of hydrogen-bond donors (Lipinski definition) is 2. The molecule has 2 aromatic heterocycles. The van der Waals surface area contributed by atoms with Crippen molar-refractivity contribution < 1.29 is 0 Å². The predicted octanol–water partition coefficient (Wildman–Crippen LogP) is 2.29. The molecule has 0 aliphatic rings. The van der Waals surface area contributed by atoms with Crippen molar-refractivity contribution in [1.29, 1.82) is 0 Å². The number of nitrogens with two attached hydrogens (primary N) is 1. The van der Waals surface area contributed by atoms with Gasteiger partial charge < -0.3 is 10.7 Å². The van der Waals surface area contributed by atoms with E-state index in [0.717, 1.165) is 29.1 Å². The van der Waals surface area contributed by atoms with Crippen LogP contribution in [0.15, 0.2) is 39.4 Å². The first-order chi connectivity index (χ1) is 9.58. The third-order valence-corrected chi connectivity index (χ3v) is 3.60. The third kappa shape index (κ3) is 3.91. The van der Waals surface area contributed by atoms with E-state index in [-0.39, 0.29) is 11.6 Å². The van der Waals surface area contributed by atoms with Crippen LogP contribution in [0.25, 0.3) is 0 Å². The molecule has 1 atom stereocenters. The number of H-pyrrole nitrogens is 1. The van der Waals surface area contributed by atoms with Crippen molar-refractivity contribution in [1.82, 2.24) is 15.0 Å². The molecule has 0 spiro atoms. The van der Waals surface area contributed by atoms with Gasteiger partial charge >= 0.3 is 0 Å². The summed E-state index contributed by atoms with van der Waals surface area (Å²) < 4.78 is 0. The molecule has 0 radical (unpaired) electrons. The summed E-state index contributed by atoms with van der Waals surface area (Å²) in [7, 11) is 0. The van der Waals surface area contributed by atoms with Gasteiger partial charge in [-0.1, -0.05) is 19.4 Å². The van der Waals surface area contributed by atoms with E-state index < -0.39 is 0 Å². The van der Waals surface area contributed by atoms with E-state index in [9.17, 15) is 4.79 Å². The van der Waals surface area contributed by atoms with E-state index in [2.05, 4.69) is 21.9 Å². The van der Waals surface area contributed by atoms with Crippen molar-refractivity contribution in [3.8, 4) is 0 Å². The summed E-state index contributed by atoms with van der Waals surface area (Å²) in [5.41, 5.74) is 7.45. The number of nitrogens with one attached hydrogen (secondary N) is 1. The van der Waals surface area contributed by atoms with E-state index in [1.807, 2.05) is 19.1 Å². The first-order valence-electron chi connectivity index (χ1n) is 6.58. The molecule has 0 bridgehead atoms. The minimum Gasteiger partial charge on any atom is -0.324 e. The average Bonchev–Trinajstić information content (AvgIpc) is 2.39. The topological polar surface area (TPSA) is 84.7 Å². The number of hydrogen-bond acceptors (Lipinski definition) is 5. The van der Waals surface area contributed by atoms with Gasteiger partial charge in [0.25, 0.3) is 5.56 Å². The van der Waals surface area contributed by atoms with Crippen molar-refractivity contribution in [3.63, 3.8) is 0 Å². The molecular formula is C14H18N4OS. The lowest BCUT2D eigenvalue weighted by molar-refractivity contribution is 0.803. The molecule has 0 saturated carbocycles. The maximum absolute atomic E-state index is 11.6. The smallest absolute Gasteiger partial charge is 0.251 e. The van der Waals surface area contributed by atoms with E-state index in [4.69, 9.17) is 5.73 Å². The number of aromatic nitrogens is 3. The van der Waals surface area contributed by atoms with Crippen LogP contribution in [0.3, 0.4) is 0 Å². The molecule has 5 nitrogen and oxygen atoms in total. The standard InChI is InChI=1S/C14H18N4OS/c1-3-4-11-7-12(19)18-14(17-11)20-13-6-5-10(8-16-13)9(2)15/h5-9H,3-4,15H2,1-2H3,(H,17,18,19)/t9-/m1/s1. The van der Waals surface area contributed by atoms with Crippen LogP contribution in [0.1, 0.15) is 37.6 Å². The van der Waals surface area contributed by atoms with Gasteiger partial charge in [0.15, 0.2) is 5.16 Å². The Morgan fingerprint density at radius 2 is 2.25 bits per heavy atom. The van der Waals surface area contributed by atoms with Gasteiger partial charge in [0, 0.05) is 24.0 Å². The Morgan fingerprint density at radius 1 is 1.45 bits per heavy atom. The van der Waals surface area contributed by atoms with Crippen molar-refractivity contribution in [2.75, 3.05) is 0 Å². The van der Waals surface area contributed by atoms with Crippen LogP contribution in [0, 0.1) is 0 Å². The molecule has 0 unspecified atom stereocenters. The minimum atomic E-state index is -0.127. The minimum absolute atomic E-state index is 0.0348. The highest BCUT2D eigenvalue weighted by molar-refractivity contribution is 7.99. The maximum atomic E-state index is 11.6. The highest BCUT2D eigenvalue weighted by atomic mass is 32.2. The molecule has 106 valence electrons. The first kappa shape index (κ1) is 14.7. The van der Waals surface area contributed by atoms with Crippen LogP contribution in [-0.2, 0) is 6.42 Å². The first-order valence-corrected chi connectivity index (χ1v) is 7.39. The Kier molecular flexibility index (Phi) is 4.92. The fourth-order valence-corrected chi connectivity index (χ4v) is 2.49. The van der Waals surface area contributed by atoms with Crippen LogP contribution >= 0.6 is 11.8 Å². The molecule has 2 aromatic rings. The quantitative estimate of drug-likeness (QED) is 0.825. The number of nitrogens with zero attached hydrogens (tertiary/aromatic N) is 2. The number of aromatic amines is 1. The number of pyridine rings is 1. The van der Waals surface area contributed by atoms with Gasteiger partial charge in [-0.3, -0.25) is 4.79 Å². The fraction of sp³-hybridized carbons (Fsp3) is 0.357. The van der Waals surface area contributed by atoms with Crippen molar-refractivity contribution in [2.45, 2.75) is 42.9 Å². The van der Waals surface area contributed by atoms with E-state index >= 15 is 0 Å². The Morgan fingerprint density at radius 3 is 2.85 bits per heavy atom. The largest absolute Gasteiger partial charge is 0.324 e. The molecule has 0 aliphatic heterocycles. The molecule has 20 heavy (non-hydrogen) atoms. The summed E-state index contributed by atoms with van der Waals surface area (Å²) >= 11 is 1.34. The highest BCUT2D eigenvalue weighted by Crippen LogP contribution is 2.22. The van der Waals surface area contributed by atoms with Crippen molar-refractivity contribution in [3.05, 3.63) is 46.0 Å². The Labute approximate surface area is 122 Å². The van der Waals surface area contributed by atoms with Gasteiger partial charge in [-0.15, -0.1) is 0 Å². The number of aryl methyl sites for hydroxylation is 1. The van der Waals surface area contributed by atoms with Crippen molar-refractivity contribution in [2.24, 2.45) is 5.73 Å². The summed E-state index contributed by atoms with van der Waals surface area (Å²) in [4.78, 5) is 23.0. The second-order valence-corrected chi connectivity index (χ2v) is 5.62. The molecule has 0 amide bonds. The van der Waals surface area contributed by atoms with E-state index in [0.29, 0.717) is 5.16 Å². The van der Waals surface area contributed by atoms with Gasteiger partial charge in [0.1, 0.15) is 5.03 Å². The molecule has 0 aliphatic carbocycles. The molecule has 6 heteroatoms. The molecule has 0 saturated heterocycles. The average molecular weight is 290 g/mol. The molecular weight excluding hydrogens is 272 g/mol. The van der Waals surface area contributed by atoms with Crippen LogP contribution < -0.4 is 11.3 Å². The summed E-state index contributed by atoms with van der Waals surface area (Å²) in [6.07, 6.45) is 3.51. The molecule has 0 aromatic carbocycles. The molecule has 3 N–H and O–H groups in total. The SMILES string of the molecule is CCCc1cc(=O)[nH]c(Sc2ccc([C@@H](C)N)cn2)n1. The number of rotatable bonds is 5. The summed E-state index contributed by atoms with van der Waals surface area (Å²) in [5.74, 6) is 0. The Balaban J connectivity index is 2.18. The molecule has 2 heterocycles. The van der Waals surface area contributed by atoms with Crippen LogP contribution in [0.2, 0.25) is 0 Å². The lowest BCUT2D eigenvalue weighted by atomic mass is 10.2. The lowest BCUT2D eigenvalue weighted by Gasteiger charge is -2.06. The predicted molar refractivity (Wildman–Crippen MR) is 79.8 cm³/mol. The van der Waals surface area contributed by atoms with Gasteiger partial charge in [0.2, 0.25) is 0 Å². The third-order valence-electron chi connectivity index (χ3n) is 2.77. The summed E-state index contributed by atoms with van der Waals surface area (Å²) in [6.45, 7) is 3.97. The zero-order valence-electron chi connectivity index (χ0n) is 11.6. The van der Waals surface area contributed by atoms with Gasteiger partial charge in [-0.25, -0.2) is 9.97 Å². The van der Waals surface area contributed by atoms with Crippen LogP contribution in [0.4, 0.5) is 0 Å². The van der Waals surface area contributed by atoms with E-state index in [1.54, 1.807) is 12.3 Å². The van der Waals surface area contributed by atoms with Crippen molar-refractivity contribution >= 4 is 11.8 Å². The van der Waals surface area contributed by atoms with Crippen LogP contribution in [-0.4, -0.2) is 15.0 Å². The Hall–Kier alpha value is -1.66.